The second kappa shape index (κ2) is 5.91. The van der Waals surface area contributed by atoms with E-state index in [1.54, 1.807) is 6.07 Å². The molecule has 1 aromatic carbocycles. The van der Waals surface area contributed by atoms with E-state index in [0.717, 1.165) is 0 Å². The molecule has 0 N–H and O–H groups in total. The van der Waals surface area contributed by atoms with Gasteiger partial charge in [-0.3, -0.25) is 15.0 Å². The number of nitro benzene ring substituents is 1. The summed E-state index contributed by atoms with van der Waals surface area (Å²) >= 11 is 0. The Kier molecular flexibility index (Phi) is 4.78. The Morgan fingerprint density at radius 1 is 1.39 bits per heavy atom. The van der Waals surface area contributed by atoms with E-state index in [-0.39, 0.29) is 6.04 Å². The molecule has 0 fully saturated rings. The lowest BCUT2D eigenvalue weighted by Crippen LogP contribution is -2.33. The summed E-state index contributed by atoms with van der Waals surface area (Å²) < 4.78 is 13.9. The van der Waals surface area contributed by atoms with Gasteiger partial charge in [0.25, 0.3) is 0 Å². The van der Waals surface area contributed by atoms with E-state index in [1.807, 2.05) is 11.9 Å². The van der Waals surface area contributed by atoms with Crippen molar-refractivity contribution in [3.8, 4) is 0 Å². The maximum Gasteiger partial charge on any atom is 0.305 e. The molecule has 0 aromatic heterocycles. The van der Waals surface area contributed by atoms with Crippen LogP contribution in [-0.2, 0) is 6.54 Å². The number of rotatable bonds is 5. The molecular formula is C13H19FN2O2. The van der Waals surface area contributed by atoms with Crippen LogP contribution < -0.4 is 0 Å². The van der Waals surface area contributed by atoms with Crippen LogP contribution in [-0.4, -0.2) is 22.9 Å². The molecular weight excluding hydrogens is 235 g/mol. The molecule has 1 unspecified atom stereocenters. The molecule has 0 radical (unpaired) electrons. The number of halogens is 1. The molecule has 0 aliphatic rings. The standard InChI is InChI=1S/C13H19FN2O2/c1-9(2)10(3)15(4)8-11-6-5-7-12(13(11)14)16(17)18/h5-7,9-10H,8H2,1-4H3. The average molecular weight is 254 g/mol. The van der Waals surface area contributed by atoms with Crippen molar-refractivity contribution >= 4 is 5.69 Å². The number of nitro groups is 1. The molecule has 1 rings (SSSR count). The van der Waals surface area contributed by atoms with E-state index in [9.17, 15) is 14.5 Å². The Bertz CT molecular complexity index is 435. The molecule has 1 aromatic rings. The van der Waals surface area contributed by atoms with Crippen LogP contribution in [0.15, 0.2) is 18.2 Å². The van der Waals surface area contributed by atoms with Gasteiger partial charge in [-0.15, -0.1) is 0 Å². The Hall–Kier alpha value is -1.49. The molecule has 0 aliphatic carbocycles. The van der Waals surface area contributed by atoms with Crippen molar-refractivity contribution in [2.75, 3.05) is 7.05 Å². The molecule has 4 nitrogen and oxygen atoms in total. The third kappa shape index (κ3) is 3.26. The van der Waals surface area contributed by atoms with E-state index in [2.05, 4.69) is 20.8 Å². The summed E-state index contributed by atoms with van der Waals surface area (Å²) in [4.78, 5) is 12.0. The molecule has 0 aliphatic heterocycles. The van der Waals surface area contributed by atoms with Crippen molar-refractivity contribution < 1.29 is 9.31 Å². The summed E-state index contributed by atoms with van der Waals surface area (Å²) in [6, 6.07) is 4.57. The van der Waals surface area contributed by atoms with Crippen LogP contribution in [0.5, 0.6) is 0 Å². The van der Waals surface area contributed by atoms with Gasteiger partial charge in [0.15, 0.2) is 0 Å². The zero-order chi connectivity index (χ0) is 13.9. The first kappa shape index (κ1) is 14.6. The van der Waals surface area contributed by atoms with E-state index in [4.69, 9.17) is 0 Å². The van der Waals surface area contributed by atoms with Gasteiger partial charge in [0, 0.05) is 24.2 Å². The minimum Gasteiger partial charge on any atom is -0.299 e. The van der Waals surface area contributed by atoms with Gasteiger partial charge in [0.1, 0.15) is 0 Å². The fraction of sp³-hybridized carbons (Fsp3) is 0.538. The smallest absolute Gasteiger partial charge is 0.299 e. The molecule has 0 saturated carbocycles. The van der Waals surface area contributed by atoms with Gasteiger partial charge < -0.3 is 0 Å². The van der Waals surface area contributed by atoms with Crippen LogP contribution in [0, 0.1) is 21.8 Å². The highest BCUT2D eigenvalue weighted by Gasteiger charge is 2.20. The third-order valence-electron chi connectivity index (χ3n) is 3.33. The summed E-state index contributed by atoms with van der Waals surface area (Å²) in [5.74, 6) is -0.290. The normalized spacial score (nSPS) is 13.1. The van der Waals surface area contributed by atoms with Crippen molar-refractivity contribution in [1.29, 1.82) is 0 Å². The highest BCUT2D eigenvalue weighted by molar-refractivity contribution is 5.36. The van der Waals surface area contributed by atoms with Crippen LogP contribution >= 0.6 is 0 Å². The number of benzene rings is 1. The van der Waals surface area contributed by atoms with Crippen molar-refractivity contribution in [2.24, 2.45) is 5.92 Å². The first-order valence-electron chi connectivity index (χ1n) is 5.96. The number of nitrogens with zero attached hydrogens (tertiary/aromatic N) is 2. The summed E-state index contributed by atoms with van der Waals surface area (Å²) in [6.45, 7) is 6.60. The fourth-order valence-electron chi connectivity index (χ4n) is 1.75. The Balaban J connectivity index is 2.92. The molecule has 0 bridgehead atoms. The van der Waals surface area contributed by atoms with Crippen molar-refractivity contribution in [3.05, 3.63) is 39.7 Å². The summed E-state index contributed by atoms with van der Waals surface area (Å²) in [5.41, 5.74) is -0.0997. The van der Waals surface area contributed by atoms with Gasteiger partial charge in [0.2, 0.25) is 5.82 Å². The quantitative estimate of drug-likeness (QED) is 0.598. The van der Waals surface area contributed by atoms with Gasteiger partial charge in [-0.1, -0.05) is 26.0 Å². The maximum atomic E-state index is 13.9. The van der Waals surface area contributed by atoms with Gasteiger partial charge in [-0.2, -0.15) is 4.39 Å². The highest BCUT2D eigenvalue weighted by Crippen LogP contribution is 2.22. The highest BCUT2D eigenvalue weighted by atomic mass is 19.1. The van der Waals surface area contributed by atoms with E-state index < -0.39 is 16.4 Å². The predicted molar refractivity (Wildman–Crippen MR) is 68.8 cm³/mol. The van der Waals surface area contributed by atoms with E-state index >= 15 is 0 Å². The van der Waals surface area contributed by atoms with Gasteiger partial charge in [-0.25, -0.2) is 0 Å². The minimum absolute atomic E-state index is 0.281. The van der Waals surface area contributed by atoms with Crippen LogP contribution in [0.2, 0.25) is 0 Å². The van der Waals surface area contributed by atoms with Crippen LogP contribution in [0.3, 0.4) is 0 Å². The van der Waals surface area contributed by atoms with Gasteiger partial charge in [0.05, 0.1) is 4.92 Å². The van der Waals surface area contributed by atoms with Crippen molar-refractivity contribution in [2.45, 2.75) is 33.4 Å². The SMILES string of the molecule is CC(C)C(C)N(C)Cc1cccc([N+](=O)[O-])c1F. The first-order chi connectivity index (χ1) is 8.34. The zero-order valence-electron chi connectivity index (χ0n) is 11.2. The van der Waals surface area contributed by atoms with Crippen LogP contribution in [0.25, 0.3) is 0 Å². The van der Waals surface area contributed by atoms with Crippen molar-refractivity contribution in [3.63, 3.8) is 0 Å². The molecule has 0 saturated heterocycles. The molecule has 0 heterocycles. The fourth-order valence-corrected chi connectivity index (χ4v) is 1.75. The molecule has 1 atom stereocenters. The number of hydrogen-bond donors (Lipinski definition) is 0. The number of hydrogen-bond acceptors (Lipinski definition) is 3. The Morgan fingerprint density at radius 2 is 2.00 bits per heavy atom. The summed E-state index contributed by atoms with van der Waals surface area (Å²) in [5, 5.41) is 10.7. The largest absolute Gasteiger partial charge is 0.305 e. The average Bonchev–Trinajstić information content (AvgIpc) is 2.30. The monoisotopic (exact) mass is 254 g/mol. The lowest BCUT2D eigenvalue weighted by Gasteiger charge is -2.27. The summed E-state index contributed by atoms with van der Waals surface area (Å²) in [6.07, 6.45) is 0. The van der Waals surface area contributed by atoms with E-state index in [1.165, 1.54) is 12.1 Å². The maximum absolute atomic E-state index is 13.9. The molecule has 100 valence electrons. The molecule has 18 heavy (non-hydrogen) atoms. The first-order valence-corrected chi connectivity index (χ1v) is 5.96. The van der Waals surface area contributed by atoms with Gasteiger partial charge >= 0.3 is 5.69 Å². The lowest BCUT2D eigenvalue weighted by molar-refractivity contribution is -0.387. The Morgan fingerprint density at radius 3 is 2.50 bits per heavy atom. The topological polar surface area (TPSA) is 46.4 Å². The minimum atomic E-state index is -0.731. The third-order valence-corrected chi connectivity index (χ3v) is 3.33. The van der Waals surface area contributed by atoms with E-state index in [0.29, 0.717) is 18.0 Å². The molecule has 0 spiro atoms. The predicted octanol–water partition coefficient (Wildman–Crippen LogP) is 3.21. The second-order valence-electron chi connectivity index (χ2n) is 4.91. The summed E-state index contributed by atoms with van der Waals surface area (Å²) in [7, 11) is 1.89. The van der Waals surface area contributed by atoms with Crippen molar-refractivity contribution in [1.82, 2.24) is 4.90 Å². The second-order valence-corrected chi connectivity index (χ2v) is 4.91. The van der Waals surface area contributed by atoms with Crippen LogP contribution in [0.4, 0.5) is 10.1 Å². The molecule has 0 amide bonds. The Labute approximate surface area is 107 Å². The molecule has 5 heteroatoms. The zero-order valence-corrected chi connectivity index (χ0v) is 11.2. The lowest BCUT2D eigenvalue weighted by atomic mass is 10.0. The van der Waals surface area contributed by atoms with Gasteiger partial charge in [-0.05, 0) is 19.9 Å². The van der Waals surface area contributed by atoms with Crippen LogP contribution in [0.1, 0.15) is 26.3 Å².